The summed E-state index contributed by atoms with van der Waals surface area (Å²) in [6, 6.07) is 5.83. The van der Waals surface area contributed by atoms with E-state index in [-0.39, 0.29) is 17.5 Å². The van der Waals surface area contributed by atoms with Gasteiger partial charge in [-0.25, -0.2) is 0 Å². The zero-order chi connectivity index (χ0) is 13.9. The normalized spacial score (nSPS) is 13.0. The first-order chi connectivity index (χ1) is 8.20. The van der Waals surface area contributed by atoms with Crippen LogP contribution in [0.2, 0.25) is 0 Å². The largest absolute Gasteiger partial charge is 0.374 e. The van der Waals surface area contributed by atoms with Crippen molar-refractivity contribution in [3.63, 3.8) is 0 Å². The zero-order valence-corrected chi connectivity index (χ0v) is 12.2. The Balaban J connectivity index is 2.73. The van der Waals surface area contributed by atoms with Gasteiger partial charge in [-0.3, -0.25) is 4.79 Å². The third-order valence-electron chi connectivity index (χ3n) is 2.87. The molecule has 18 heavy (non-hydrogen) atoms. The molecule has 1 aromatic carbocycles. The quantitative estimate of drug-likeness (QED) is 0.863. The first kappa shape index (κ1) is 14.6. The Kier molecular flexibility index (Phi) is 4.38. The Morgan fingerprint density at radius 2 is 1.83 bits per heavy atom. The maximum absolute atomic E-state index is 12.0. The Morgan fingerprint density at radius 1 is 1.22 bits per heavy atom. The molecular weight excluding hydrogens is 224 g/mol. The van der Waals surface area contributed by atoms with Gasteiger partial charge in [0.1, 0.15) is 6.04 Å². The fourth-order valence-electron chi connectivity index (χ4n) is 1.68. The summed E-state index contributed by atoms with van der Waals surface area (Å²) >= 11 is 0. The van der Waals surface area contributed by atoms with Crippen LogP contribution >= 0.6 is 0 Å². The van der Waals surface area contributed by atoms with Crippen LogP contribution in [0.15, 0.2) is 18.2 Å². The summed E-state index contributed by atoms with van der Waals surface area (Å²) in [7, 11) is 0. The number of amides is 1. The minimum absolute atomic E-state index is 0.0170. The van der Waals surface area contributed by atoms with E-state index in [1.54, 1.807) is 0 Å². The van der Waals surface area contributed by atoms with E-state index in [0.717, 1.165) is 5.69 Å². The smallest absolute Gasteiger partial charge is 0.242 e. The van der Waals surface area contributed by atoms with Crippen LogP contribution in [0, 0.1) is 13.8 Å². The molecule has 0 bridgehead atoms. The molecule has 0 aliphatic rings. The van der Waals surface area contributed by atoms with Crippen LogP contribution in [0.1, 0.15) is 38.8 Å². The van der Waals surface area contributed by atoms with Gasteiger partial charge in [-0.2, -0.15) is 0 Å². The molecule has 0 saturated heterocycles. The lowest BCUT2D eigenvalue weighted by atomic mass is 10.1. The summed E-state index contributed by atoms with van der Waals surface area (Å²) < 4.78 is 0. The molecule has 1 amide bonds. The maximum atomic E-state index is 12.0. The average Bonchev–Trinajstić information content (AvgIpc) is 2.22. The summed E-state index contributed by atoms with van der Waals surface area (Å²) in [5.74, 6) is 0.0170. The van der Waals surface area contributed by atoms with Gasteiger partial charge in [0.15, 0.2) is 0 Å². The van der Waals surface area contributed by atoms with Crippen LogP contribution in [-0.4, -0.2) is 17.5 Å². The molecule has 2 N–H and O–H groups in total. The number of hydrogen-bond acceptors (Lipinski definition) is 2. The molecule has 100 valence electrons. The Bertz CT molecular complexity index is 433. The third kappa shape index (κ3) is 4.06. The van der Waals surface area contributed by atoms with Crippen LogP contribution in [0.25, 0.3) is 0 Å². The second kappa shape index (κ2) is 5.42. The van der Waals surface area contributed by atoms with E-state index in [2.05, 4.69) is 30.5 Å². The van der Waals surface area contributed by atoms with Crippen LogP contribution in [0.4, 0.5) is 5.69 Å². The summed E-state index contributed by atoms with van der Waals surface area (Å²) in [6.45, 7) is 12.0. The Hall–Kier alpha value is -1.51. The number of rotatable bonds is 3. The first-order valence-corrected chi connectivity index (χ1v) is 6.35. The van der Waals surface area contributed by atoms with Gasteiger partial charge in [-0.15, -0.1) is 0 Å². The molecule has 0 aliphatic heterocycles. The van der Waals surface area contributed by atoms with E-state index in [1.165, 1.54) is 11.1 Å². The molecule has 0 radical (unpaired) electrons. The van der Waals surface area contributed by atoms with E-state index in [1.807, 2.05) is 39.8 Å². The van der Waals surface area contributed by atoms with Crippen molar-refractivity contribution in [3.05, 3.63) is 29.3 Å². The summed E-state index contributed by atoms with van der Waals surface area (Å²) in [6.07, 6.45) is 0. The number of benzene rings is 1. The molecule has 0 unspecified atom stereocenters. The van der Waals surface area contributed by atoms with Crippen molar-refractivity contribution in [2.45, 2.75) is 53.1 Å². The minimum Gasteiger partial charge on any atom is -0.374 e. The van der Waals surface area contributed by atoms with E-state index >= 15 is 0 Å². The lowest BCUT2D eigenvalue weighted by molar-refractivity contribution is -0.122. The van der Waals surface area contributed by atoms with Crippen LogP contribution < -0.4 is 10.6 Å². The second-order valence-electron chi connectivity index (χ2n) is 5.85. The molecule has 3 heteroatoms. The van der Waals surface area contributed by atoms with Crippen molar-refractivity contribution in [3.8, 4) is 0 Å². The van der Waals surface area contributed by atoms with Crippen LogP contribution in [-0.2, 0) is 4.79 Å². The van der Waals surface area contributed by atoms with Crippen molar-refractivity contribution in [1.82, 2.24) is 5.32 Å². The van der Waals surface area contributed by atoms with E-state index in [9.17, 15) is 4.79 Å². The molecule has 1 rings (SSSR count). The molecule has 0 aliphatic carbocycles. The molecule has 0 spiro atoms. The van der Waals surface area contributed by atoms with E-state index in [0.29, 0.717) is 0 Å². The van der Waals surface area contributed by atoms with Crippen molar-refractivity contribution < 1.29 is 4.79 Å². The van der Waals surface area contributed by atoms with Crippen molar-refractivity contribution in [1.29, 1.82) is 0 Å². The maximum Gasteiger partial charge on any atom is 0.242 e. The van der Waals surface area contributed by atoms with Crippen molar-refractivity contribution >= 4 is 11.6 Å². The van der Waals surface area contributed by atoms with Crippen LogP contribution in [0.5, 0.6) is 0 Å². The van der Waals surface area contributed by atoms with E-state index in [4.69, 9.17) is 0 Å². The SMILES string of the molecule is Cc1cccc(N[C@H](C)C(=O)NC(C)(C)C)c1C. The minimum atomic E-state index is -0.246. The number of nitrogens with one attached hydrogen (secondary N) is 2. The zero-order valence-electron chi connectivity index (χ0n) is 12.2. The monoisotopic (exact) mass is 248 g/mol. The molecule has 1 atom stereocenters. The van der Waals surface area contributed by atoms with Gasteiger partial charge in [-0.05, 0) is 58.7 Å². The summed E-state index contributed by atoms with van der Waals surface area (Å²) in [4.78, 5) is 12.0. The molecule has 0 heterocycles. The molecule has 0 fully saturated rings. The topological polar surface area (TPSA) is 41.1 Å². The molecule has 3 nitrogen and oxygen atoms in total. The Labute approximate surface area is 110 Å². The first-order valence-electron chi connectivity index (χ1n) is 6.35. The highest BCUT2D eigenvalue weighted by Crippen LogP contribution is 2.18. The number of hydrogen-bond donors (Lipinski definition) is 2. The number of carbonyl (C=O) groups is 1. The number of aryl methyl sites for hydroxylation is 1. The number of anilines is 1. The van der Waals surface area contributed by atoms with Gasteiger partial charge in [0.25, 0.3) is 0 Å². The van der Waals surface area contributed by atoms with Gasteiger partial charge >= 0.3 is 0 Å². The fourth-order valence-corrected chi connectivity index (χ4v) is 1.68. The molecule has 0 aromatic heterocycles. The Morgan fingerprint density at radius 3 is 2.39 bits per heavy atom. The van der Waals surface area contributed by atoms with Gasteiger partial charge in [-0.1, -0.05) is 12.1 Å². The third-order valence-corrected chi connectivity index (χ3v) is 2.87. The fraction of sp³-hybridized carbons (Fsp3) is 0.533. The van der Waals surface area contributed by atoms with Crippen LogP contribution in [0.3, 0.4) is 0 Å². The van der Waals surface area contributed by atoms with Gasteiger partial charge in [0.2, 0.25) is 5.91 Å². The summed E-state index contributed by atoms with van der Waals surface area (Å²) in [5, 5.41) is 6.23. The molecule has 0 saturated carbocycles. The molecular formula is C15H24N2O. The standard InChI is InChI=1S/C15H24N2O/c1-10-8-7-9-13(11(10)2)16-12(3)14(18)17-15(4,5)6/h7-9,12,16H,1-6H3,(H,17,18)/t12-/m1/s1. The lowest BCUT2D eigenvalue weighted by Crippen LogP contribution is -2.47. The predicted molar refractivity (Wildman–Crippen MR) is 76.9 cm³/mol. The predicted octanol–water partition coefficient (Wildman–Crippen LogP) is 3.02. The average molecular weight is 248 g/mol. The van der Waals surface area contributed by atoms with Crippen molar-refractivity contribution in [2.24, 2.45) is 0 Å². The highest BCUT2D eigenvalue weighted by Gasteiger charge is 2.19. The van der Waals surface area contributed by atoms with Crippen molar-refractivity contribution in [2.75, 3.05) is 5.32 Å². The highest BCUT2D eigenvalue weighted by molar-refractivity contribution is 5.85. The number of carbonyl (C=O) groups excluding carboxylic acids is 1. The second-order valence-corrected chi connectivity index (χ2v) is 5.85. The van der Waals surface area contributed by atoms with Gasteiger partial charge < -0.3 is 10.6 Å². The van der Waals surface area contributed by atoms with Gasteiger partial charge in [0.05, 0.1) is 0 Å². The molecule has 1 aromatic rings. The highest BCUT2D eigenvalue weighted by atomic mass is 16.2. The summed E-state index contributed by atoms with van der Waals surface area (Å²) in [5.41, 5.74) is 3.23. The van der Waals surface area contributed by atoms with E-state index < -0.39 is 0 Å². The lowest BCUT2D eigenvalue weighted by Gasteiger charge is -2.24. The van der Waals surface area contributed by atoms with Gasteiger partial charge in [0, 0.05) is 11.2 Å².